The molecule has 2 rings (SSSR count). The van der Waals surface area contributed by atoms with E-state index in [1.54, 1.807) is 6.92 Å². The zero-order valence-electron chi connectivity index (χ0n) is 14.2. The summed E-state index contributed by atoms with van der Waals surface area (Å²) in [6.45, 7) is 8.67. The molecular formula is C17H26N2O3S. The standard InChI is InChI=1S/C17H26N2O3S/c1-4-22-17(21)15-13(9-12(2)3)11-23-16(15)18-14(20)10-19-7-5-6-8-19/h11-12H,4-10H2,1-3H3,(H,18,20). The van der Waals surface area contributed by atoms with Crippen LogP contribution in [-0.2, 0) is 16.0 Å². The van der Waals surface area contributed by atoms with Crippen LogP contribution in [0.15, 0.2) is 5.38 Å². The maximum atomic E-state index is 12.3. The number of nitrogens with zero attached hydrogens (tertiary/aromatic N) is 1. The first-order valence-electron chi connectivity index (χ1n) is 8.31. The predicted molar refractivity (Wildman–Crippen MR) is 93.1 cm³/mol. The van der Waals surface area contributed by atoms with Crippen LogP contribution < -0.4 is 5.32 Å². The molecule has 0 aliphatic carbocycles. The minimum atomic E-state index is -0.346. The summed E-state index contributed by atoms with van der Waals surface area (Å²) in [4.78, 5) is 26.7. The summed E-state index contributed by atoms with van der Waals surface area (Å²) in [5.41, 5.74) is 1.49. The molecule has 23 heavy (non-hydrogen) atoms. The molecule has 0 atom stereocenters. The molecule has 1 aromatic heterocycles. The lowest BCUT2D eigenvalue weighted by atomic mass is 10.0. The number of hydrogen-bond acceptors (Lipinski definition) is 5. The molecule has 1 aliphatic heterocycles. The number of amides is 1. The van der Waals surface area contributed by atoms with E-state index < -0.39 is 0 Å². The van der Waals surface area contributed by atoms with E-state index in [9.17, 15) is 9.59 Å². The summed E-state index contributed by atoms with van der Waals surface area (Å²) >= 11 is 1.41. The number of rotatable bonds is 7. The van der Waals surface area contributed by atoms with Gasteiger partial charge in [-0.3, -0.25) is 9.69 Å². The van der Waals surface area contributed by atoms with Crippen molar-refractivity contribution in [2.24, 2.45) is 5.92 Å². The average molecular weight is 338 g/mol. The molecule has 0 bridgehead atoms. The molecule has 0 spiro atoms. The zero-order chi connectivity index (χ0) is 16.8. The van der Waals surface area contributed by atoms with Gasteiger partial charge in [0.2, 0.25) is 5.91 Å². The lowest BCUT2D eigenvalue weighted by molar-refractivity contribution is -0.117. The molecule has 128 valence electrons. The van der Waals surface area contributed by atoms with Gasteiger partial charge < -0.3 is 10.1 Å². The van der Waals surface area contributed by atoms with E-state index in [1.807, 2.05) is 5.38 Å². The topological polar surface area (TPSA) is 58.6 Å². The van der Waals surface area contributed by atoms with Gasteiger partial charge in [0, 0.05) is 0 Å². The number of esters is 1. The number of ether oxygens (including phenoxy) is 1. The Kier molecular flexibility index (Phi) is 6.59. The molecule has 0 unspecified atom stereocenters. The van der Waals surface area contributed by atoms with Crippen molar-refractivity contribution in [3.63, 3.8) is 0 Å². The number of likely N-dealkylation sites (tertiary alicyclic amines) is 1. The van der Waals surface area contributed by atoms with Crippen molar-refractivity contribution in [3.8, 4) is 0 Å². The molecule has 1 fully saturated rings. The van der Waals surface area contributed by atoms with Crippen LogP contribution in [0.3, 0.4) is 0 Å². The molecule has 1 N–H and O–H groups in total. The van der Waals surface area contributed by atoms with Gasteiger partial charge in [-0.2, -0.15) is 0 Å². The fourth-order valence-corrected chi connectivity index (χ4v) is 3.79. The first-order chi connectivity index (χ1) is 11.0. The highest BCUT2D eigenvalue weighted by molar-refractivity contribution is 7.15. The smallest absolute Gasteiger partial charge is 0.341 e. The van der Waals surface area contributed by atoms with Crippen molar-refractivity contribution in [2.75, 3.05) is 31.6 Å². The lowest BCUT2D eigenvalue weighted by Gasteiger charge is -2.14. The van der Waals surface area contributed by atoms with Crippen LogP contribution >= 0.6 is 11.3 Å². The van der Waals surface area contributed by atoms with Crippen LogP contribution in [0, 0.1) is 5.92 Å². The van der Waals surface area contributed by atoms with E-state index >= 15 is 0 Å². The second-order valence-corrected chi connectivity index (χ2v) is 7.19. The number of carbonyl (C=O) groups excluding carboxylic acids is 2. The Labute approximate surface area is 142 Å². The zero-order valence-corrected chi connectivity index (χ0v) is 15.0. The van der Waals surface area contributed by atoms with Gasteiger partial charge in [0.05, 0.1) is 18.7 Å². The van der Waals surface area contributed by atoms with Gasteiger partial charge in [-0.05, 0) is 56.1 Å². The van der Waals surface area contributed by atoms with E-state index in [2.05, 4.69) is 24.1 Å². The van der Waals surface area contributed by atoms with E-state index in [0.717, 1.165) is 37.9 Å². The predicted octanol–water partition coefficient (Wildman–Crippen LogP) is 3.16. The molecule has 5 nitrogen and oxygen atoms in total. The third-order valence-electron chi connectivity index (χ3n) is 3.79. The summed E-state index contributed by atoms with van der Waals surface area (Å²) in [7, 11) is 0. The molecule has 0 saturated carbocycles. The second kappa shape index (κ2) is 8.45. The van der Waals surface area contributed by atoms with Gasteiger partial charge in [-0.15, -0.1) is 11.3 Å². The Morgan fingerprint density at radius 2 is 2.04 bits per heavy atom. The Morgan fingerprint density at radius 3 is 2.65 bits per heavy atom. The minimum absolute atomic E-state index is 0.0598. The summed E-state index contributed by atoms with van der Waals surface area (Å²) in [6.07, 6.45) is 3.10. The minimum Gasteiger partial charge on any atom is -0.462 e. The van der Waals surface area contributed by atoms with E-state index in [4.69, 9.17) is 4.74 Å². The van der Waals surface area contributed by atoms with Crippen molar-refractivity contribution in [1.82, 2.24) is 4.90 Å². The Hall–Kier alpha value is -1.40. The molecule has 6 heteroatoms. The molecule has 0 radical (unpaired) electrons. The maximum Gasteiger partial charge on any atom is 0.341 e. The summed E-state index contributed by atoms with van der Waals surface area (Å²) in [5.74, 6) is 0.0298. The van der Waals surface area contributed by atoms with Crippen LogP contribution in [0.4, 0.5) is 5.00 Å². The molecule has 2 heterocycles. The SMILES string of the molecule is CCOC(=O)c1c(CC(C)C)csc1NC(=O)CN1CCCC1. The van der Waals surface area contributed by atoms with Crippen LogP contribution in [-0.4, -0.2) is 43.0 Å². The van der Waals surface area contributed by atoms with E-state index in [0.29, 0.717) is 29.6 Å². The van der Waals surface area contributed by atoms with Gasteiger partial charge in [0.25, 0.3) is 0 Å². The summed E-state index contributed by atoms with van der Waals surface area (Å²) in [6, 6.07) is 0. The quantitative estimate of drug-likeness (QED) is 0.776. The summed E-state index contributed by atoms with van der Waals surface area (Å²) < 4.78 is 5.17. The number of nitrogens with one attached hydrogen (secondary N) is 1. The molecule has 1 aromatic rings. The average Bonchev–Trinajstić information content (AvgIpc) is 3.09. The van der Waals surface area contributed by atoms with Gasteiger partial charge in [0.1, 0.15) is 5.00 Å². The monoisotopic (exact) mass is 338 g/mol. The largest absolute Gasteiger partial charge is 0.462 e. The van der Waals surface area contributed by atoms with E-state index in [-0.39, 0.29) is 11.9 Å². The van der Waals surface area contributed by atoms with Crippen molar-refractivity contribution in [2.45, 2.75) is 40.0 Å². The fraction of sp³-hybridized carbons (Fsp3) is 0.647. The summed E-state index contributed by atoms with van der Waals surface area (Å²) in [5, 5.41) is 5.48. The van der Waals surface area contributed by atoms with Gasteiger partial charge in [-0.1, -0.05) is 13.8 Å². The number of carbonyl (C=O) groups is 2. The lowest BCUT2D eigenvalue weighted by Crippen LogP contribution is -2.31. The Bertz CT molecular complexity index is 548. The third-order valence-corrected chi connectivity index (χ3v) is 4.74. The first-order valence-corrected chi connectivity index (χ1v) is 9.19. The van der Waals surface area contributed by atoms with Crippen LogP contribution in [0.2, 0.25) is 0 Å². The highest BCUT2D eigenvalue weighted by Crippen LogP contribution is 2.31. The first kappa shape index (κ1) is 17.9. The normalized spacial score (nSPS) is 15.1. The molecule has 1 saturated heterocycles. The molecule has 1 amide bonds. The highest BCUT2D eigenvalue weighted by Gasteiger charge is 2.23. The number of hydrogen-bond donors (Lipinski definition) is 1. The van der Waals surface area contributed by atoms with Crippen molar-refractivity contribution >= 4 is 28.2 Å². The highest BCUT2D eigenvalue weighted by atomic mass is 32.1. The third kappa shape index (κ3) is 5.04. The van der Waals surface area contributed by atoms with Crippen molar-refractivity contribution in [1.29, 1.82) is 0 Å². The second-order valence-electron chi connectivity index (χ2n) is 6.31. The fourth-order valence-electron chi connectivity index (χ4n) is 2.81. The molecule has 1 aliphatic rings. The van der Waals surface area contributed by atoms with Crippen LogP contribution in [0.1, 0.15) is 49.5 Å². The molecule has 0 aromatic carbocycles. The Balaban J connectivity index is 2.11. The van der Waals surface area contributed by atoms with Gasteiger partial charge >= 0.3 is 5.97 Å². The number of thiophene rings is 1. The van der Waals surface area contributed by atoms with Crippen molar-refractivity contribution in [3.05, 3.63) is 16.5 Å². The van der Waals surface area contributed by atoms with Crippen molar-refractivity contribution < 1.29 is 14.3 Å². The van der Waals surface area contributed by atoms with Gasteiger partial charge in [0.15, 0.2) is 0 Å². The van der Waals surface area contributed by atoms with E-state index in [1.165, 1.54) is 11.3 Å². The van der Waals surface area contributed by atoms with Crippen LogP contribution in [0.5, 0.6) is 0 Å². The van der Waals surface area contributed by atoms with Gasteiger partial charge in [-0.25, -0.2) is 4.79 Å². The van der Waals surface area contributed by atoms with Crippen LogP contribution in [0.25, 0.3) is 0 Å². The molecular weight excluding hydrogens is 312 g/mol. The Morgan fingerprint density at radius 1 is 1.35 bits per heavy atom. The number of anilines is 1. The maximum absolute atomic E-state index is 12.3.